The van der Waals surface area contributed by atoms with E-state index < -0.39 is 10.0 Å². The molecule has 0 bridgehead atoms. The van der Waals surface area contributed by atoms with Gasteiger partial charge in [-0.3, -0.25) is 14.4 Å². The van der Waals surface area contributed by atoms with E-state index in [1.807, 2.05) is 39.1 Å². The maximum atomic E-state index is 13.5. The Balaban J connectivity index is 1.40. The summed E-state index contributed by atoms with van der Waals surface area (Å²) in [4.78, 5) is 17.3. The molecule has 220 valence electrons. The largest absolute Gasteiger partial charge is 0.488 e. The van der Waals surface area contributed by atoms with Crippen LogP contribution in [0.4, 0.5) is 5.69 Å². The Morgan fingerprint density at radius 3 is 2.68 bits per heavy atom. The van der Waals surface area contributed by atoms with Gasteiger partial charge in [-0.25, -0.2) is 8.42 Å². The average Bonchev–Trinajstić information content (AvgIpc) is 3.64. The number of carbonyl (C=O) groups excluding carboxylic acids is 1. The lowest BCUT2D eigenvalue weighted by molar-refractivity contribution is -0.134. The van der Waals surface area contributed by atoms with E-state index in [1.165, 1.54) is 6.07 Å². The van der Waals surface area contributed by atoms with Crippen LogP contribution in [0.15, 0.2) is 58.1 Å². The Morgan fingerprint density at radius 1 is 1.15 bits per heavy atom. The Hall–Kier alpha value is -3.32. The number of sulfonamides is 1. The molecule has 2 N–H and O–H groups in total. The quantitative estimate of drug-likeness (QED) is 0.383. The predicted molar refractivity (Wildman–Crippen MR) is 156 cm³/mol. The number of anilines is 1. The van der Waals surface area contributed by atoms with E-state index in [0.717, 1.165) is 28.4 Å². The molecular weight excluding hydrogens is 566 g/mol. The Kier molecular flexibility index (Phi) is 8.74. The molecule has 41 heavy (non-hydrogen) atoms. The predicted octanol–water partition coefficient (Wildman–Crippen LogP) is 3.56. The molecule has 0 fully saturated rings. The van der Waals surface area contributed by atoms with Gasteiger partial charge in [0.2, 0.25) is 12.7 Å². The fraction of sp³-hybridized carbons (Fsp3) is 0.414. The minimum atomic E-state index is -3.75. The van der Waals surface area contributed by atoms with Crippen LogP contribution in [0.2, 0.25) is 0 Å². The van der Waals surface area contributed by atoms with Gasteiger partial charge in [0.05, 0.1) is 19.1 Å². The Morgan fingerprint density at radius 2 is 1.93 bits per heavy atom. The molecule has 3 aromatic rings. The number of rotatable bonds is 9. The maximum Gasteiger partial charge on any atom is 0.271 e. The summed E-state index contributed by atoms with van der Waals surface area (Å²) in [6, 6.07) is 13.8. The van der Waals surface area contributed by atoms with Crippen LogP contribution < -0.4 is 18.9 Å². The highest BCUT2D eigenvalue weighted by atomic mass is 32.2. The second-order valence-corrected chi connectivity index (χ2v) is 13.5. The van der Waals surface area contributed by atoms with E-state index in [1.54, 1.807) is 34.5 Å². The third-order valence-electron chi connectivity index (χ3n) is 7.31. The van der Waals surface area contributed by atoms with Crippen LogP contribution in [-0.2, 0) is 27.8 Å². The zero-order valence-corrected chi connectivity index (χ0v) is 24.9. The van der Waals surface area contributed by atoms with Gasteiger partial charge in [0, 0.05) is 36.8 Å². The number of ether oxygens (including phenoxy) is 3. The molecule has 5 rings (SSSR count). The van der Waals surface area contributed by atoms with Crippen molar-refractivity contribution in [2.45, 2.75) is 43.2 Å². The first-order valence-corrected chi connectivity index (χ1v) is 15.8. The van der Waals surface area contributed by atoms with Crippen LogP contribution in [0.5, 0.6) is 17.2 Å². The van der Waals surface area contributed by atoms with Crippen LogP contribution in [0.3, 0.4) is 0 Å². The average molecular weight is 602 g/mol. The topological polar surface area (TPSA) is 118 Å². The molecule has 2 aliphatic heterocycles. The highest BCUT2D eigenvalue weighted by molar-refractivity contribution is 7.94. The molecule has 3 heterocycles. The number of nitrogens with one attached hydrogen (secondary N) is 1. The molecule has 12 heteroatoms. The zero-order valence-electron chi connectivity index (χ0n) is 23.3. The highest BCUT2D eigenvalue weighted by Crippen LogP contribution is 2.33. The van der Waals surface area contributed by atoms with Gasteiger partial charge < -0.3 is 24.2 Å². The van der Waals surface area contributed by atoms with Gasteiger partial charge in [-0.1, -0.05) is 19.1 Å². The van der Waals surface area contributed by atoms with Gasteiger partial charge in [-0.05, 0) is 61.3 Å². The molecule has 2 aromatic carbocycles. The Labute approximate surface area is 244 Å². The fourth-order valence-corrected chi connectivity index (χ4v) is 7.10. The van der Waals surface area contributed by atoms with E-state index in [0.29, 0.717) is 36.6 Å². The highest BCUT2D eigenvalue weighted by Gasteiger charge is 2.31. The van der Waals surface area contributed by atoms with Crippen molar-refractivity contribution >= 4 is 33.0 Å². The van der Waals surface area contributed by atoms with Gasteiger partial charge in [0.1, 0.15) is 16.1 Å². The normalized spacial score (nSPS) is 19.6. The first-order valence-electron chi connectivity index (χ1n) is 13.5. The van der Waals surface area contributed by atoms with Crippen molar-refractivity contribution in [3.63, 3.8) is 0 Å². The number of amides is 1. The minimum Gasteiger partial charge on any atom is -0.488 e. The number of carbonyl (C=O) groups is 1. The van der Waals surface area contributed by atoms with Crippen molar-refractivity contribution in [1.82, 2.24) is 9.80 Å². The van der Waals surface area contributed by atoms with Crippen molar-refractivity contribution in [2.24, 2.45) is 5.92 Å². The molecule has 0 saturated heterocycles. The number of aliphatic hydroxyl groups excluding tert-OH is 1. The Bertz CT molecular complexity index is 1480. The molecule has 3 atom stereocenters. The summed E-state index contributed by atoms with van der Waals surface area (Å²) in [6.45, 7) is 5.54. The van der Waals surface area contributed by atoms with E-state index in [2.05, 4.69) is 9.62 Å². The second-order valence-electron chi connectivity index (χ2n) is 10.6. The number of hydrogen-bond donors (Lipinski definition) is 2. The molecule has 0 spiro atoms. The summed E-state index contributed by atoms with van der Waals surface area (Å²) in [5.74, 6) is 1.78. The summed E-state index contributed by atoms with van der Waals surface area (Å²) in [7, 11) is -1.75. The second kappa shape index (κ2) is 12.3. The minimum absolute atomic E-state index is 0.0146. The van der Waals surface area contributed by atoms with E-state index >= 15 is 0 Å². The number of benzene rings is 2. The summed E-state index contributed by atoms with van der Waals surface area (Å²) in [5, 5.41) is 11.6. The summed E-state index contributed by atoms with van der Waals surface area (Å²) in [5.41, 5.74) is 1.99. The maximum absolute atomic E-state index is 13.5. The van der Waals surface area contributed by atoms with Crippen molar-refractivity contribution in [1.29, 1.82) is 0 Å². The van der Waals surface area contributed by atoms with Crippen molar-refractivity contribution in [3.8, 4) is 17.2 Å². The van der Waals surface area contributed by atoms with Crippen molar-refractivity contribution in [2.75, 3.05) is 38.3 Å². The molecule has 0 saturated carbocycles. The van der Waals surface area contributed by atoms with Gasteiger partial charge in [0.25, 0.3) is 10.0 Å². The molecule has 10 nitrogen and oxygen atoms in total. The molecule has 0 unspecified atom stereocenters. The monoisotopic (exact) mass is 601 g/mol. The van der Waals surface area contributed by atoms with Crippen LogP contribution >= 0.6 is 11.3 Å². The van der Waals surface area contributed by atoms with Crippen LogP contribution in [0, 0.1) is 5.92 Å². The lowest BCUT2D eigenvalue weighted by Gasteiger charge is -2.34. The van der Waals surface area contributed by atoms with Gasteiger partial charge in [0.15, 0.2) is 11.5 Å². The third-order valence-corrected chi connectivity index (χ3v) is 10.1. The molecule has 0 aliphatic carbocycles. The number of nitrogens with zero attached hydrogens (tertiary/aromatic N) is 2. The molecule has 0 radical (unpaired) electrons. The number of fused-ring (bicyclic) bond motifs is 2. The summed E-state index contributed by atoms with van der Waals surface area (Å²) < 4.78 is 46.0. The molecule has 1 aromatic heterocycles. The molecule has 2 aliphatic rings. The number of hydrogen-bond acceptors (Lipinski definition) is 9. The van der Waals surface area contributed by atoms with Crippen molar-refractivity contribution < 1.29 is 32.5 Å². The van der Waals surface area contributed by atoms with E-state index in [9.17, 15) is 18.3 Å². The smallest absolute Gasteiger partial charge is 0.271 e. The summed E-state index contributed by atoms with van der Waals surface area (Å²) >= 11 is 1.13. The number of thiophene rings is 1. The number of aliphatic hydroxyl groups is 1. The number of likely N-dealkylation sites (N-methyl/N-ethyl adjacent to an activating group) is 1. The molecular formula is C29H35N3O7S2. The zero-order chi connectivity index (χ0) is 29.1. The van der Waals surface area contributed by atoms with Crippen molar-refractivity contribution in [3.05, 3.63) is 65.0 Å². The first-order chi connectivity index (χ1) is 19.6. The van der Waals surface area contributed by atoms with Gasteiger partial charge in [-0.2, -0.15) is 0 Å². The van der Waals surface area contributed by atoms with E-state index in [-0.39, 0.29) is 48.0 Å². The lowest BCUT2D eigenvalue weighted by Crippen LogP contribution is -2.47. The van der Waals surface area contributed by atoms with E-state index in [4.69, 9.17) is 14.2 Å². The van der Waals surface area contributed by atoms with Crippen LogP contribution in [0.1, 0.15) is 25.0 Å². The summed E-state index contributed by atoms with van der Waals surface area (Å²) in [6.07, 6.45) is -0.276. The van der Waals surface area contributed by atoms with Crippen LogP contribution in [0.25, 0.3) is 0 Å². The standard InChI is InChI=1S/C29H35N3O7S2/c1-19-14-32(20(2)17-33)28(34)13-22-12-23(30-41(35,36)29-5-4-10-40-29)7-9-24(22)39-27(19)16-31(3)15-21-6-8-25-26(11-21)38-18-37-25/h4-12,19-20,27,30,33H,13-18H2,1-3H3/t19-,20-,27+/m1/s1. The molecule has 1 amide bonds. The van der Waals surface area contributed by atoms with Gasteiger partial charge >= 0.3 is 0 Å². The van der Waals surface area contributed by atoms with Gasteiger partial charge in [-0.15, -0.1) is 11.3 Å². The third kappa shape index (κ3) is 6.78. The SMILES string of the molecule is C[C@@H]1CN([C@H](C)CO)C(=O)Cc2cc(NS(=O)(=O)c3cccs3)ccc2O[C@H]1CN(C)Cc1ccc2c(c1)OCO2. The fourth-order valence-electron chi connectivity index (χ4n) is 5.06. The first kappa shape index (κ1) is 29.2. The lowest BCUT2D eigenvalue weighted by atomic mass is 10.0. The van der Waals surface area contributed by atoms with Crippen LogP contribution in [-0.4, -0.2) is 74.9 Å².